The topological polar surface area (TPSA) is 76.4 Å². The van der Waals surface area contributed by atoms with Crippen molar-refractivity contribution in [3.05, 3.63) is 48.5 Å². The standard InChI is InChI=1S/C13H12N4O/c14-7-10-11-8-15-5-6-17(11)13(16-10)9-3-1-2-4-12(9)18/h1-6,8,18H,7,14H2. The zero-order valence-corrected chi connectivity index (χ0v) is 9.61. The van der Waals surface area contributed by atoms with Gasteiger partial charge in [-0.2, -0.15) is 0 Å². The summed E-state index contributed by atoms with van der Waals surface area (Å²) in [5.74, 6) is 0.871. The van der Waals surface area contributed by atoms with Crippen molar-refractivity contribution in [1.29, 1.82) is 0 Å². The smallest absolute Gasteiger partial charge is 0.148 e. The van der Waals surface area contributed by atoms with Gasteiger partial charge in [-0.25, -0.2) is 4.98 Å². The van der Waals surface area contributed by atoms with Crippen LogP contribution in [-0.2, 0) is 6.54 Å². The molecule has 0 fully saturated rings. The van der Waals surface area contributed by atoms with E-state index in [9.17, 15) is 5.11 Å². The van der Waals surface area contributed by atoms with Crippen LogP contribution in [0.1, 0.15) is 5.69 Å². The number of rotatable bonds is 2. The molecule has 0 bridgehead atoms. The zero-order valence-electron chi connectivity index (χ0n) is 9.61. The molecule has 0 aliphatic carbocycles. The lowest BCUT2D eigenvalue weighted by atomic mass is 10.2. The SMILES string of the molecule is NCc1nc(-c2ccccc2O)n2ccncc12. The van der Waals surface area contributed by atoms with E-state index < -0.39 is 0 Å². The average Bonchev–Trinajstić information content (AvgIpc) is 2.78. The number of benzene rings is 1. The van der Waals surface area contributed by atoms with Crippen LogP contribution in [-0.4, -0.2) is 19.5 Å². The van der Waals surface area contributed by atoms with Gasteiger partial charge in [0.1, 0.15) is 11.6 Å². The monoisotopic (exact) mass is 240 g/mol. The Labute approximate surface area is 104 Å². The second kappa shape index (κ2) is 4.12. The van der Waals surface area contributed by atoms with Crippen LogP contribution in [0.25, 0.3) is 16.9 Å². The van der Waals surface area contributed by atoms with Crippen LogP contribution < -0.4 is 5.73 Å². The highest BCUT2D eigenvalue weighted by atomic mass is 16.3. The molecule has 1 aromatic carbocycles. The summed E-state index contributed by atoms with van der Waals surface area (Å²) in [5.41, 5.74) is 7.98. The maximum absolute atomic E-state index is 9.91. The third-order valence-corrected chi connectivity index (χ3v) is 2.86. The zero-order chi connectivity index (χ0) is 12.5. The summed E-state index contributed by atoms with van der Waals surface area (Å²) in [4.78, 5) is 8.55. The Morgan fingerprint density at radius 2 is 2.11 bits per heavy atom. The Bertz CT molecular complexity index is 705. The van der Waals surface area contributed by atoms with E-state index in [4.69, 9.17) is 5.73 Å². The Kier molecular flexibility index (Phi) is 2.46. The van der Waals surface area contributed by atoms with Gasteiger partial charge in [0.05, 0.1) is 23.0 Å². The Morgan fingerprint density at radius 1 is 1.28 bits per heavy atom. The van der Waals surface area contributed by atoms with Gasteiger partial charge in [-0.15, -0.1) is 0 Å². The summed E-state index contributed by atoms with van der Waals surface area (Å²) >= 11 is 0. The number of aromatic hydroxyl groups is 1. The number of hydrogen-bond donors (Lipinski definition) is 2. The molecular weight excluding hydrogens is 228 g/mol. The quantitative estimate of drug-likeness (QED) is 0.712. The molecule has 5 heteroatoms. The molecule has 3 rings (SSSR count). The van der Waals surface area contributed by atoms with Crippen LogP contribution in [0.5, 0.6) is 5.75 Å². The molecule has 0 amide bonds. The van der Waals surface area contributed by atoms with Crippen molar-refractivity contribution < 1.29 is 5.11 Å². The molecule has 3 aromatic rings. The number of imidazole rings is 1. The summed E-state index contributed by atoms with van der Waals surface area (Å²) in [7, 11) is 0. The van der Waals surface area contributed by atoms with Gasteiger partial charge in [0.2, 0.25) is 0 Å². The van der Waals surface area contributed by atoms with E-state index in [1.807, 2.05) is 22.7 Å². The first-order valence-corrected chi connectivity index (χ1v) is 5.60. The minimum atomic E-state index is 0.199. The van der Waals surface area contributed by atoms with Crippen molar-refractivity contribution in [3.63, 3.8) is 0 Å². The molecule has 0 atom stereocenters. The molecular formula is C13H12N4O. The van der Waals surface area contributed by atoms with Gasteiger partial charge < -0.3 is 10.8 Å². The van der Waals surface area contributed by atoms with E-state index in [2.05, 4.69) is 9.97 Å². The summed E-state index contributed by atoms with van der Waals surface area (Å²) in [6.45, 7) is 0.336. The Balaban J connectivity index is 2.33. The van der Waals surface area contributed by atoms with Crippen LogP contribution in [0.4, 0.5) is 0 Å². The molecule has 0 saturated carbocycles. The third kappa shape index (κ3) is 1.53. The highest BCUT2D eigenvalue weighted by Crippen LogP contribution is 2.29. The molecule has 3 N–H and O–H groups in total. The van der Waals surface area contributed by atoms with E-state index in [1.54, 1.807) is 24.5 Å². The number of phenolic OH excluding ortho intramolecular Hbond substituents is 1. The second-order valence-corrected chi connectivity index (χ2v) is 3.93. The molecule has 0 saturated heterocycles. The summed E-state index contributed by atoms with van der Waals surface area (Å²) in [6.07, 6.45) is 5.21. The normalized spacial score (nSPS) is 10.9. The first kappa shape index (κ1) is 10.7. The van der Waals surface area contributed by atoms with Gasteiger partial charge in [-0.3, -0.25) is 9.38 Å². The van der Waals surface area contributed by atoms with Gasteiger partial charge >= 0.3 is 0 Å². The number of aromatic nitrogens is 3. The number of nitrogens with two attached hydrogens (primary N) is 1. The molecule has 0 unspecified atom stereocenters. The molecule has 0 aliphatic rings. The highest BCUT2D eigenvalue weighted by molar-refractivity contribution is 5.69. The Hall–Kier alpha value is -2.40. The van der Waals surface area contributed by atoms with E-state index in [1.165, 1.54) is 0 Å². The van der Waals surface area contributed by atoms with Crippen molar-refractivity contribution in [2.45, 2.75) is 6.54 Å². The molecule has 2 heterocycles. The molecule has 90 valence electrons. The van der Waals surface area contributed by atoms with Crippen LogP contribution in [0.3, 0.4) is 0 Å². The fourth-order valence-corrected chi connectivity index (χ4v) is 2.00. The molecule has 0 aliphatic heterocycles. The molecule has 18 heavy (non-hydrogen) atoms. The van der Waals surface area contributed by atoms with Gasteiger partial charge in [-0.05, 0) is 12.1 Å². The van der Waals surface area contributed by atoms with Gasteiger partial charge in [0.25, 0.3) is 0 Å². The summed E-state index contributed by atoms with van der Waals surface area (Å²) in [6, 6.07) is 7.10. The number of para-hydroxylation sites is 1. The van der Waals surface area contributed by atoms with Crippen molar-refractivity contribution >= 4 is 5.52 Å². The van der Waals surface area contributed by atoms with Gasteiger partial charge in [0, 0.05) is 18.9 Å². The largest absolute Gasteiger partial charge is 0.507 e. The predicted molar refractivity (Wildman–Crippen MR) is 68.0 cm³/mol. The Morgan fingerprint density at radius 3 is 2.89 bits per heavy atom. The van der Waals surface area contributed by atoms with Crippen LogP contribution in [0.2, 0.25) is 0 Å². The van der Waals surface area contributed by atoms with E-state index in [0.29, 0.717) is 17.9 Å². The fraction of sp³-hybridized carbons (Fsp3) is 0.0769. The lowest BCUT2D eigenvalue weighted by Gasteiger charge is -2.02. The lowest BCUT2D eigenvalue weighted by Crippen LogP contribution is -1.97. The van der Waals surface area contributed by atoms with Gasteiger partial charge in [-0.1, -0.05) is 12.1 Å². The van der Waals surface area contributed by atoms with Crippen molar-refractivity contribution in [2.24, 2.45) is 5.73 Å². The lowest BCUT2D eigenvalue weighted by molar-refractivity contribution is 0.477. The van der Waals surface area contributed by atoms with Crippen molar-refractivity contribution in [3.8, 4) is 17.1 Å². The number of fused-ring (bicyclic) bond motifs is 1. The molecule has 5 nitrogen and oxygen atoms in total. The number of nitrogens with zero attached hydrogens (tertiary/aromatic N) is 3. The molecule has 0 spiro atoms. The van der Waals surface area contributed by atoms with Crippen molar-refractivity contribution in [1.82, 2.24) is 14.4 Å². The highest BCUT2D eigenvalue weighted by Gasteiger charge is 2.13. The van der Waals surface area contributed by atoms with Gasteiger partial charge in [0.15, 0.2) is 0 Å². The molecule has 2 aromatic heterocycles. The maximum Gasteiger partial charge on any atom is 0.148 e. The third-order valence-electron chi connectivity index (χ3n) is 2.86. The minimum Gasteiger partial charge on any atom is -0.507 e. The van der Waals surface area contributed by atoms with E-state index in [-0.39, 0.29) is 5.75 Å². The predicted octanol–water partition coefficient (Wildman–Crippen LogP) is 1.56. The fourth-order valence-electron chi connectivity index (χ4n) is 2.00. The average molecular weight is 240 g/mol. The molecule has 0 radical (unpaired) electrons. The summed E-state index contributed by atoms with van der Waals surface area (Å²) < 4.78 is 1.88. The van der Waals surface area contributed by atoms with Crippen LogP contribution in [0, 0.1) is 0 Å². The first-order chi connectivity index (χ1) is 8.81. The van der Waals surface area contributed by atoms with E-state index >= 15 is 0 Å². The van der Waals surface area contributed by atoms with Crippen LogP contribution >= 0.6 is 0 Å². The van der Waals surface area contributed by atoms with Crippen molar-refractivity contribution in [2.75, 3.05) is 0 Å². The summed E-state index contributed by atoms with van der Waals surface area (Å²) in [5, 5.41) is 9.91. The number of hydrogen-bond acceptors (Lipinski definition) is 4. The minimum absolute atomic E-state index is 0.199. The second-order valence-electron chi connectivity index (χ2n) is 3.93. The van der Waals surface area contributed by atoms with E-state index in [0.717, 1.165) is 11.2 Å². The first-order valence-electron chi connectivity index (χ1n) is 5.60. The maximum atomic E-state index is 9.91. The van der Waals surface area contributed by atoms with Crippen LogP contribution in [0.15, 0.2) is 42.9 Å². The number of phenols is 1.